The van der Waals surface area contributed by atoms with E-state index < -0.39 is 0 Å². The van der Waals surface area contributed by atoms with Crippen LogP contribution in [0.25, 0.3) is 0 Å². The maximum absolute atomic E-state index is 13.2. The van der Waals surface area contributed by atoms with E-state index in [9.17, 15) is 9.18 Å². The molecule has 0 saturated carbocycles. The average molecular weight is 436 g/mol. The van der Waals surface area contributed by atoms with Gasteiger partial charge in [0.05, 0.1) is 6.54 Å². The standard InChI is InChI=1S/C16H25FN4O.HI/c1-5-18-16(19-10-9-15(22)20(2)3)21(4)12-13-7-6-8-14(17)11-13;/h6-8,11H,5,9-10,12H2,1-4H3,(H,18,19);1H. The fourth-order valence-electron chi connectivity index (χ4n) is 1.93. The normalized spacial score (nSPS) is 10.7. The van der Waals surface area contributed by atoms with Gasteiger partial charge in [-0.15, -0.1) is 24.0 Å². The first-order valence-corrected chi connectivity index (χ1v) is 7.38. The monoisotopic (exact) mass is 436 g/mol. The third kappa shape index (κ3) is 8.15. The summed E-state index contributed by atoms with van der Waals surface area (Å²) in [5, 5.41) is 3.18. The average Bonchev–Trinajstić information content (AvgIpc) is 2.46. The SMILES string of the molecule is CCNC(=NCCC(=O)N(C)C)N(C)Cc1cccc(F)c1.I. The lowest BCUT2D eigenvalue weighted by molar-refractivity contribution is -0.128. The van der Waals surface area contributed by atoms with Gasteiger partial charge < -0.3 is 15.1 Å². The molecular formula is C16H26FIN4O. The van der Waals surface area contributed by atoms with Gasteiger partial charge in [-0.25, -0.2) is 4.39 Å². The zero-order valence-electron chi connectivity index (χ0n) is 14.2. The van der Waals surface area contributed by atoms with E-state index >= 15 is 0 Å². The van der Waals surface area contributed by atoms with Crippen molar-refractivity contribution >= 4 is 35.8 Å². The van der Waals surface area contributed by atoms with E-state index in [0.29, 0.717) is 25.5 Å². The van der Waals surface area contributed by atoms with Crippen molar-refractivity contribution in [1.82, 2.24) is 15.1 Å². The lowest BCUT2D eigenvalue weighted by Crippen LogP contribution is -2.38. The number of amides is 1. The minimum atomic E-state index is -0.246. The second-order valence-electron chi connectivity index (χ2n) is 5.26. The Morgan fingerprint density at radius 3 is 2.57 bits per heavy atom. The Labute approximate surface area is 155 Å². The topological polar surface area (TPSA) is 47.9 Å². The molecule has 23 heavy (non-hydrogen) atoms. The van der Waals surface area contributed by atoms with Crippen LogP contribution >= 0.6 is 24.0 Å². The predicted octanol–water partition coefficient (Wildman–Crippen LogP) is 2.32. The van der Waals surface area contributed by atoms with E-state index in [1.54, 1.807) is 25.1 Å². The molecule has 0 atom stereocenters. The van der Waals surface area contributed by atoms with Crippen molar-refractivity contribution in [3.05, 3.63) is 35.6 Å². The summed E-state index contributed by atoms with van der Waals surface area (Å²) >= 11 is 0. The van der Waals surface area contributed by atoms with Crippen LogP contribution in [0.15, 0.2) is 29.3 Å². The number of nitrogens with zero attached hydrogens (tertiary/aromatic N) is 3. The number of benzene rings is 1. The molecule has 1 aromatic carbocycles. The molecule has 0 aliphatic rings. The summed E-state index contributed by atoms with van der Waals surface area (Å²) in [5.41, 5.74) is 0.873. The van der Waals surface area contributed by atoms with Gasteiger partial charge in [0.15, 0.2) is 5.96 Å². The summed E-state index contributed by atoms with van der Waals surface area (Å²) in [4.78, 5) is 19.5. The van der Waals surface area contributed by atoms with Gasteiger partial charge in [-0.2, -0.15) is 0 Å². The highest BCUT2D eigenvalue weighted by Crippen LogP contribution is 2.06. The summed E-state index contributed by atoms with van der Waals surface area (Å²) in [6.45, 7) is 3.68. The van der Waals surface area contributed by atoms with E-state index in [0.717, 1.165) is 12.1 Å². The van der Waals surface area contributed by atoms with Crippen LogP contribution in [0.5, 0.6) is 0 Å². The first kappa shape index (κ1) is 21.6. The van der Waals surface area contributed by atoms with Crippen molar-refractivity contribution < 1.29 is 9.18 Å². The quantitative estimate of drug-likeness (QED) is 0.423. The van der Waals surface area contributed by atoms with Gasteiger partial charge in [0.1, 0.15) is 5.82 Å². The third-order valence-corrected chi connectivity index (χ3v) is 3.09. The number of hydrogen-bond donors (Lipinski definition) is 1. The second-order valence-corrected chi connectivity index (χ2v) is 5.26. The molecule has 130 valence electrons. The van der Waals surface area contributed by atoms with Gasteiger partial charge in [0.25, 0.3) is 0 Å². The molecule has 7 heteroatoms. The van der Waals surface area contributed by atoms with E-state index in [1.165, 1.54) is 12.1 Å². The molecule has 0 spiro atoms. The van der Waals surface area contributed by atoms with Crippen LogP contribution in [0.1, 0.15) is 18.9 Å². The maximum atomic E-state index is 13.2. The van der Waals surface area contributed by atoms with Crippen LogP contribution in [0.3, 0.4) is 0 Å². The Bertz CT molecular complexity index is 523. The van der Waals surface area contributed by atoms with Crippen LogP contribution in [0, 0.1) is 5.82 Å². The smallest absolute Gasteiger partial charge is 0.223 e. The molecule has 0 aliphatic carbocycles. The van der Waals surface area contributed by atoms with Gasteiger partial charge in [0, 0.05) is 40.7 Å². The van der Waals surface area contributed by atoms with Crippen LogP contribution in [0.2, 0.25) is 0 Å². The highest BCUT2D eigenvalue weighted by molar-refractivity contribution is 14.0. The van der Waals surface area contributed by atoms with Crippen LogP contribution in [0.4, 0.5) is 4.39 Å². The van der Waals surface area contributed by atoms with Crippen molar-refractivity contribution in [3.8, 4) is 0 Å². The van der Waals surface area contributed by atoms with Crippen molar-refractivity contribution in [1.29, 1.82) is 0 Å². The van der Waals surface area contributed by atoms with Crippen LogP contribution < -0.4 is 5.32 Å². The van der Waals surface area contributed by atoms with Gasteiger partial charge in [-0.05, 0) is 24.6 Å². The highest BCUT2D eigenvalue weighted by atomic mass is 127. The fraction of sp³-hybridized carbons (Fsp3) is 0.500. The number of aliphatic imine (C=N–C) groups is 1. The first-order valence-electron chi connectivity index (χ1n) is 7.38. The number of rotatable bonds is 6. The lowest BCUT2D eigenvalue weighted by Gasteiger charge is -2.22. The molecule has 0 aromatic heterocycles. The molecule has 0 unspecified atom stereocenters. The molecule has 0 heterocycles. The van der Waals surface area contributed by atoms with Gasteiger partial charge in [-0.1, -0.05) is 12.1 Å². The van der Waals surface area contributed by atoms with E-state index in [1.807, 2.05) is 24.9 Å². The molecule has 0 aliphatic heterocycles. The van der Waals surface area contributed by atoms with Crippen molar-refractivity contribution in [2.45, 2.75) is 19.9 Å². The van der Waals surface area contributed by atoms with Crippen molar-refractivity contribution in [2.75, 3.05) is 34.2 Å². The fourth-order valence-corrected chi connectivity index (χ4v) is 1.93. The van der Waals surface area contributed by atoms with Crippen LogP contribution in [-0.2, 0) is 11.3 Å². The van der Waals surface area contributed by atoms with E-state index in [2.05, 4.69) is 10.3 Å². The third-order valence-electron chi connectivity index (χ3n) is 3.09. The number of carbonyl (C=O) groups is 1. The molecule has 0 fully saturated rings. The minimum Gasteiger partial charge on any atom is -0.357 e. The second kappa shape index (κ2) is 11.2. The Morgan fingerprint density at radius 2 is 2.00 bits per heavy atom. The Hall–Kier alpha value is -1.38. The number of guanidine groups is 1. The minimum absolute atomic E-state index is 0. The zero-order chi connectivity index (χ0) is 16.5. The molecule has 1 rings (SSSR count). The number of halogens is 2. The van der Waals surface area contributed by atoms with Crippen molar-refractivity contribution in [2.24, 2.45) is 4.99 Å². The van der Waals surface area contributed by atoms with E-state index in [4.69, 9.17) is 0 Å². The van der Waals surface area contributed by atoms with Gasteiger partial charge in [-0.3, -0.25) is 9.79 Å². The molecule has 0 bridgehead atoms. The summed E-state index contributed by atoms with van der Waals surface area (Å²) < 4.78 is 13.2. The molecule has 0 radical (unpaired) electrons. The summed E-state index contributed by atoms with van der Waals surface area (Å²) in [6, 6.07) is 6.50. The van der Waals surface area contributed by atoms with Crippen molar-refractivity contribution in [3.63, 3.8) is 0 Å². The Balaban J connectivity index is 0.00000484. The Kier molecular flexibility index (Phi) is 10.5. The van der Waals surface area contributed by atoms with Gasteiger partial charge >= 0.3 is 0 Å². The highest BCUT2D eigenvalue weighted by Gasteiger charge is 2.08. The van der Waals surface area contributed by atoms with Crippen LogP contribution in [-0.4, -0.2) is 55.9 Å². The molecule has 0 saturated heterocycles. The first-order chi connectivity index (χ1) is 10.4. The Morgan fingerprint density at radius 1 is 1.30 bits per heavy atom. The molecule has 1 aromatic rings. The number of carbonyl (C=O) groups excluding carboxylic acids is 1. The summed E-state index contributed by atoms with van der Waals surface area (Å²) in [5.74, 6) is 0.509. The molecule has 5 nitrogen and oxygen atoms in total. The molecule has 1 N–H and O–H groups in total. The summed E-state index contributed by atoms with van der Waals surface area (Å²) in [7, 11) is 5.35. The lowest BCUT2D eigenvalue weighted by atomic mass is 10.2. The zero-order valence-corrected chi connectivity index (χ0v) is 16.5. The van der Waals surface area contributed by atoms with Gasteiger partial charge in [0.2, 0.25) is 5.91 Å². The maximum Gasteiger partial charge on any atom is 0.223 e. The predicted molar refractivity (Wildman–Crippen MR) is 103 cm³/mol. The molecule has 1 amide bonds. The molecular weight excluding hydrogens is 410 g/mol. The number of nitrogens with one attached hydrogen (secondary N) is 1. The van der Waals surface area contributed by atoms with E-state index in [-0.39, 0.29) is 35.7 Å². The largest absolute Gasteiger partial charge is 0.357 e. The number of hydrogen-bond acceptors (Lipinski definition) is 2. The summed E-state index contributed by atoms with van der Waals surface area (Å²) in [6.07, 6.45) is 0.371.